The SMILES string of the molecule is C[C@H]1CN([C@@H](C)CO)C(=O)c2cccc(NC(=O)C3CCCCC3)c2O[C@@H]1CN(C)S(=O)(=O)c1ccccc1. The minimum atomic E-state index is -3.79. The van der Waals surface area contributed by atoms with E-state index in [9.17, 15) is 23.1 Å². The smallest absolute Gasteiger partial charge is 0.258 e. The maximum Gasteiger partial charge on any atom is 0.258 e. The highest BCUT2D eigenvalue weighted by Gasteiger charge is 2.36. The van der Waals surface area contributed by atoms with Crippen molar-refractivity contribution < 1.29 is 27.9 Å². The number of rotatable bonds is 8. The van der Waals surface area contributed by atoms with Crippen molar-refractivity contribution in [3.63, 3.8) is 0 Å². The maximum absolute atomic E-state index is 13.7. The van der Waals surface area contributed by atoms with Gasteiger partial charge in [0.2, 0.25) is 15.9 Å². The number of nitrogens with one attached hydrogen (secondary N) is 1. The normalized spacial score (nSPS) is 21.5. The molecular formula is C29H39N3O6S. The summed E-state index contributed by atoms with van der Waals surface area (Å²) in [5.41, 5.74) is 0.655. The van der Waals surface area contributed by atoms with Gasteiger partial charge >= 0.3 is 0 Å². The lowest BCUT2D eigenvalue weighted by molar-refractivity contribution is -0.120. The van der Waals surface area contributed by atoms with Gasteiger partial charge in [-0.05, 0) is 44.0 Å². The summed E-state index contributed by atoms with van der Waals surface area (Å²) >= 11 is 0. The molecular weight excluding hydrogens is 518 g/mol. The Labute approximate surface area is 231 Å². The highest BCUT2D eigenvalue weighted by molar-refractivity contribution is 7.89. The van der Waals surface area contributed by atoms with E-state index in [0.717, 1.165) is 32.1 Å². The first-order valence-electron chi connectivity index (χ1n) is 13.7. The lowest BCUT2D eigenvalue weighted by Gasteiger charge is -2.38. The van der Waals surface area contributed by atoms with Crippen LogP contribution in [-0.4, -0.2) is 73.4 Å². The molecule has 0 spiro atoms. The number of nitrogens with zero attached hydrogens (tertiary/aromatic N) is 2. The summed E-state index contributed by atoms with van der Waals surface area (Å²) in [7, 11) is -2.28. The molecule has 2 aliphatic rings. The van der Waals surface area contributed by atoms with Crippen molar-refractivity contribution in [2.45, 2.75) is 63.0 Å². The van der Waals surface area contributed by atoms with E-state index in [1.54, 1.807) is 60.4 Å². The molecule has 2 amide bonds. The minimum absolute atomic E-state index is 0.0261. The van der Waals surface area contributed by atoms with Crippen LogP contribution >= 0.6 is 0 Å². The van der Waals surface area contributed by atoms with Crippen LogP contribution in [0, 0.1) is 11.8 Å². The van der Waals surface area contributed by atoms with E-state index in [0.29, 0.717) is 5.69 Å². The molecule has 2 aromatic carbocycles. The number of aliphatic hydroxyl groups is 1. The Hall–Kier alpha value is -2.95. The molecule has 9 nitrogen and oxygen atoms in total. The van der Waals surface area contributed by atoms with Crippen molar-refractivity contribution in [3.8, 4) is 5.75 Å². The fourth-order valence-electron chi connectivity index (χ4n) is 5.28. The second-order valence-corrected chi connectivity index (χ2v) is 12.8. The molecule has 1 aliphatic heterocycles. The third-order valence-electron chi connectivity index (χ3n) is 7.81. The Morgan fingerprint density at radius 3 is 2.49 bits per heavy atom. The number of ether oxygens (including phenoxy) is 1. The van der Waals surface area contributed by atoms with E-state index in [1.807, 2.05) is 6.92 Å². The molecule has 4 rings (SSSR count). The number of hydrogen-bond donors (Lipinski definition) is 2. The Morgan fingerprint density at radius 2 is 1.82 bits per heavy atom. The summed E-state index contributed by atoms with van der Waals surface area (Å²) in [4.78, 5) is 28.6. The van der Waals surface area contributed by atoms with Gasteiger partial charge in [-0.1, -0.05) is 50.5 Å². The number of carbonyl (C=O) groups excluding carboxylic acids is 2. The zero-order valence-corrected chi connectivity index (χ0v) is 23.7. The van der Waals surface area contributed by atoms with Crippen LogP contribution in [0.5, 0.6) is 5.75 Å². The standard InChI is InChI=1S/C29H39N3O6S/c1-20-17-32(21(2)19-33)29(35)24-15-10-16-25(30-28(34)22-11-6-4-7-12-22)27(24)38-26(20)18-31(3)39(36,37)23-13-8-5-9-14-23/h5,8-10,13-16,20-22,26,33H,4,6-7,11-12,17-19H2,1-3H3,(H,30,34)/t20-,21-,26+/m0/s1. The van der Waals surface area contributed by atoms with Crippen LogP contribution in [0.1, 0.15) is 56.3 Å². The molecule has 2 N–H and O–H groups in total. The van der Waals surface area contributed by atoms with Gasteiger partial charge in [-0.2, -0.15) is 4.31 Å². The third kappa shape index (κ3) is 6.45. The van der Waals surface area contributed by atoms with Crippen LogP contribution in [0.25, 0.3) is 0 Å². The lowest BCUT2D eigenvalue weighted by Crippen LogP contribution is -2.50. The maximum atomic E-state index is 13.7. The number of para-hydroxylation sites is 1. The Balaban J connectivity index is 1.69. The first-order chi connectivity index (χ1) is 18.6. The number of anilines is 1. The van der Waals surface area contributed by atoms with Crippen molar-refractivity contribution in [3.05, 3.63) is 54.1 Å². The summed E-state index contributed by atoms with van der Waals surface area (Å²) in [6.07, 6.45) is 4.15. The molecule has 1 aliphatic carbocycles. The predicted molar refractivity (Wildman–Crippen MR) is 149 cm³/mol. The number of amides is 2. The van der Waals surface area contributed by atoms with Crippen LogP contribution < -0.4 is 10.1 Å². The first-order valence-corrected chi connectivity index (χ1v) is 15.1. The van der Waals surface area contributed by atoms with Gasteiger partial charge in [0.15, 0.2) is 5.75 Å². The fraction of sp³-hybridized carbons (Fsp3) is 0.517. The van der Waals surface area contributed by atoms with Gasteiger partial charge in [0.25, 0.3) is 5.91 Å². The molecule has 212 valence electrons. The van der Waals surface area contributed by atoms with E-state index >= 15 is 0 Å². The highest BCUT2D eigenvalue weighted by atomic mass is 32.2. The number of benzene rings is 2. The van der Waals surface area contributed by atoms with Gasteiger partial charge < -0.3 is 20.1 Å². The number of hydrogen-bond acceptors (Lipinski definition) is 6. The molecule has 1 saturated carbocycles. The van der Waals surface area contributed by atoms with E-state index in [2.05, 4.69) is 5.32 Å². The summed E-state index contributed by atoms with van der Waals surface area (Å²) in [6.45, 7) is 3.73. The van der Waals surface area contributed by atoms with E-state index in [4.69, 9.17) is 4.74 Å². The second kappa shape index (κ2) is 12.5. The van der Waals surface area contributed by atoms with Gasteiger partial charge in [-0.25, -0.2) is 8.42 Å². The first kappa shape index (κ1) is 29.0. The van der Waals surface area contributed by atoms with Crippen molar-refractivity contribution in [1.82, 2.24) is 9.21 Å². The van der Waals surface area contributed by atoms with Crippen molar-refractivity contribution in [1.29, 1.82) is 0 Å². The fourth-order valence-corrected chi connectivity index (χ4v) is 6.49. The average molecular weight is 558 g/mol. The van der Waals surface area contributed by atoms with E-state index < -0.39 is 22.2 Å². The zero-order chi connectivity index (χ0) is 28.2. The monoisotopic (exact) mass is 557 g/mol. The lowest BCUT2D eigenvalue weighted by atomic mass is 9.88. The molecule has 10 heteroatoms. The Kier molecular flexibility index (Phi) is 9.30. The van der Waals surface area contributed by atoms with Gasteiger partial charge in [0, 0.05) is 25.4 Å². The largest absolute Gasteiger partial charge is 0.486 e. The van der Waals surface area contributed by atoms with Gasteiger partial charge in [0.05, 0.1) is 35.3 Å². The summed E-state index contributed by atoms with van der Waals surface area (Å²) in [5.74, 6) is -0.567. The summed E-state index contributed by atoms with van der Waals surface area (Å²) in [5, 5.41) is 12.9. The third-order valence-corrected chi connectivity index (χ3v) is 9.65. The van der Waals surface area contributed by atoms with Crippen LogP contribution in [0.4, 0.5) is 5.69 Å². The average Bonchev–Trinajstić information content (AvgIpc) is 2.95. The number of fused-ring (bicyclic) bond motifs is 1. The molecule has 1 fully saturated rings. The molecule has 2 aromatic rings. The van der Waals surface area contributed by atoms with Crippen molar-refractivity contribution in [2.75, 3.05) is 32.1 Å². The molecule has 3 atom stereocenters. The Bertz CT molecular complexity index is 1260. The quantitative estimate of drug-likeness (QED) is 0.511. The topological polar surface area (TPSA) is 116 Å². The molecule has 0 radical (unpaired) electrons. The summed E-state index contributed by atoms with van der Waals surface area (Å²) < 4.78 is 34.3. The number of sulfonamides is 1. The molecule has 1 heterocycles. The molecule has 0 bridgehead atoms. The van der Waals surface area contributed by atoms with E-state index in [-0.39, 0.29) is 59.6 Å². The van der Waals surface area contributed by atoms with Crippen molar-refractivity contribution >= 4 is 27.5 Å². The van der Waals surface area contributed by atoms with Gasteiger partial charge in [-0.3, -0.25) is 9.59 Å². The van der Waals surface area contributed by atoms with Crippen LogP contribution in [0.15, 0.2) is 53.4 Å². The van der Waals surface area contributed by atoms with Gasteiger partial charge in [-0.15, -0.1) is 0 Å². The van der Waals surface area contributed by atoms with Gasteiger partial charge in [0.1, 0.15) is 6.10 Å². The van der Waals surface area contributed by atoms with Crippen molar-refractivity contribution in [2.24, 2.45) is 11.8 Å². The molecule has 0 unspecified atom stereocenters. The summed E-state index contributed by atoms with van der Waals surface area (Å²) in [6, 6.07) is 12.8. The second-order valence-electron chi connectivity index (χ2n) is 10.7. The highest BCUT2D eigenvalue weighted by Crippen LogP contribution is 2.36. The van der Waals surface area contributed by atoms with E-state index in [1.165, 1.54) is 11.4 Å². The zero-order valence-electron chi connectivity index (χ0n) is 22.9. The molecule has 0 aromatic heterocycles. The molecule has 0 saturated heterocycles. The minimum Gasteiger partial charge on any atom is -0.486 e. The van der Waals surface area contributed by atoms with Crippen LogP contribution in [0.2, 0.25) is 0 Å². The number of aliphatic hydroxyl groups excluding tert-OH is 1. The number of likely N-dealkylation sites (N-methyl/N-ethyl adjacent to an activating group) is 1. The van der Waals surface area contributed by atoms with Crippen LogP contribution in [0.3, 0.4) is 0 Å². The Morgan fingerprint density at radius 1 is 1.13 bits per heavy atom. The number of carbonyl (C=O) groups is 2. The van der Waals surface area contributed by atoms with Crippen LogP contribution in [-0.2, 0) is 14.8 Å². The molecule has 39 heavy (non-hydrogen) atoms. The predicted octanol–water partition coefficient (Wildman–Crippen LogP) is 3.75.